The molecule has 0 N–H and O–H groups in total. The third-order valence-corrected chi connectivity index (χ3v) is 3.25. The zero-order chi connectivity index (χ0) is 14.8. The predicted octanol–water partition coefficient (Wildman–Crippen LogP) is 3.71. The molecule has 4 nitrogen and oxygen atoms in total. The summed E-state index contributed by atoms with van der Waals surface area (Å²) in [6.07, 6.45) is 3.66. The molecule has 0 saturated heterocycles. The number of amides is 1. The van der Waals surface area contributed by atoms with Crippen LogP contribution in [0.4, 0.5) is 4.79 Å². The molecule has 1 aromatic rings. The predicted molar refractivity (Wildman–Crippen MR) is 79.1 cm³/mol. The summed E-state index contributed by atoms with van der Waals surface area (Å²) in [7, 11) is 0. The van der Waals surface area contributed by atoms with Crippen molar-refractivity contribution >= 4 is 12.2 Å². The summed E-state index contributed by atoms with van der Waals surface area (Å²) in [5.74, 6) is 1.34. The standard InChI is InChI=1S/C16H21NO3/c1-5-17(6-2)15(18)19-13-7-8-14-12(11-13)9-10-16(3,4)20-14/h7-11H,5-6H2,1-4H3. The van der Waals surface area contributed by atoms with Crippen LogP contribution in [0.15, 0.2) is 24.3 Å². The first-order valence-corrected chi connectivity index (χ1v) is 6.94. The molecule has 0 unspecified atom stereocenters. The number of carbonyl (C=O) groups is 1. The second-order valence-electron chi connectivity index (χ2n) is 5.28. The number of hydrogen-bond donors (Lipinski definition) is 0. The smallest absolute Gasteiger partial charge is 0.415 e. The highest BCUT2D eigenvalue weighted by Crippen LogP contribution is 2.33. The molecule has 108 valence electrons. The Bertz CT molecular complexity index is 531. The van der Waals surface area contributed by atoms with E-state index >= 15 is 0 Å². The van der Waals surface area contributed by atoms with Crippen molar-refractivity contribution in [2.24, 2.45) is 0 Å². The van der Waals surface area contributed by atoms with E-state index in [2.05, 4.69) is 0 Å². The van der Waals surface area contributed by atoms with Gasteiger partial charge in [-0.05, 0) is 52.0 Å². The van der Waals surface area contributed by atoms with E-state index in [0.29, 0.717) is 18.8 Å². The number of benzene rings is 1. The lowest BCUT2D eigenvalue weighted by Gasteiger charge is -2.28. The second kappa shape index (κ2) is 5.57. The van der Waals surface area contributed by atoms with E-state index in [9.17, 15) is 4.79 Å². The van der Waals surface area contributed by atoms with Crippen LogP contribution in [0.2, 0.25) is 0 Å². The van der Waals surface area contributed by atoms with E-state index in [4.69, 9.17) is 9.47 Å². The molecule has 1 aliphatic rings. The van der Waals surface area contributed by atoms with Crippen LogP contribution in [0.5, 0.6) is 11.5 Å². The molecule has 4 heteroatoms. The molecule has 0 fully saturated rings. The molecular formula is C16H21NO3. The maximum absolute atomic E-state index is 11.9. The Morgan fingerprint density at radius 3 is 2.65 bits per heavy atom. The van der Waals surface area contributed by atoms with Crippen LogP contribution < -0.4 is 9.47 Å². The summed E-state index contributed by atoms with van der Waals surface area (Å²) in [4.78, 5) is 13.5. The van der Waals surface area contributed by atoms with Crippen molar-refractivity contribution in [3.8, 4) is 11.5 Å². The number of fused-ring (bicyclic) bond motifs is 1. The molecule has 0 radical (unpaired) electrons. The van der Waals surface area contributed by atoms with Crippen LogP contribution in [0.1, 0.15) is 33.3 Å². The minimum absolute atomic E-state index is 0.299. The molecule has 0 atom stereocenters. The van der Waals surface area contributed by atoms with Crippen molar-refractivity contribution in [1.29, 1.82) is 0 Å². The van der Waals surface area contributed by atoms with E-state index in [1.165, 1.54) is 0 Å². The third kappa shape index (κ3) is 3.13. The highest BCUT2D eigenvalue weighted by Gasteiger charge is 2.22. The lowest BCUT2D eigenvalue weighted by atomic mass is 10.0. The van der Waals surface area contributed by atoms with Crippen LogP contribution in [0, 0.1) is 0 Å². The van der Waals surface area contributed by atoms with Crippen molar-refractivity contribution < 1.29 is 14.3 Å². The molecule has 1 amide bonds. The number of carbonyl (C=O) groups excluding carboxylic acids is 1. The van der Waals surface area contributed by atoms with Crippen LogP contribution in [0.3, 0.4) is 0 Å². The summed E-state index contributed by atoms with van der Waals surface area (Å²) < 4.78 is 11.2. The molecule has 0 bridgehead atoms. The van der Waals surface area contributed by atoms with E-state index in [1.807, 2.05) is 52.0 Å². The third-order valence-electron chi connectivity index (χ3n) is 3.25. The number of rotatable bonds is 3. The van der Waals surface area contributed by atoms with Gasteiger partial charge in [-0.15, -0.1) is 0 Å². The van der Waals surface area contributed by atoms with Crippen LogP contribution in [0.25, 0.3) is 6.08 Å². The Labute approximate surface area is 120 Å². The van der Waals surface area contributed by atoms with Gasteiger partial charge in [0.25, 0.3) is 0 Å². The first kappa shape index (κ1) is 14.4. The Kier molecular flexibility index (Phi) is 4.02. The lowest BCUT2D eigenvalue weighted by Crippen LogP contribution is -2.33. The molecule has 2 rings (SSSR count). The average Bonchev–Trinajstić information content (AvgIpc) is 2.39. The Morgan fingerprint density at radius 2 is 2.00 bits per heavy atom. The zero-order valence-electron chi connectivity index (χ0n) is 12.5. The van der Waals surface area contributed by atoms with Gasteiger partial charge in [0.2, 0.25) is 0 Å². The zero-order valence-corrected chi connectivity index (χ0v) is 12.5. The fraction of sp³-hybridized carbons (Fsp3) is 0.438. The molecule has 0 spiro atoms. The van der Waals surface area contributed by atoms with Crippen molar-refractivity contribution in [1.82, 2.24) is 4.90 Å². The molecule has 1 heterocycles. The van der Waals surface area contributed by atoms with Gasteiger partial charge in [0.05, 0.1) is 0 Å². The van der Waals surface area contributed by atoms with Crippen molar-refractivity contribution in [3.05, 3.63) is 29.8 Å². The molecule has 0 aromatic heterocycles. The maximum atomic E-state index is 11.9. The van der Waals surface area contributed by atoms with Gasteiger partial charge in [-0.25, -0.2) is 4.79 Å². The lowest BCUT2D eigenvalue weighted by molar-refractivity contribution is 0.154. The Balaban J connectivity index is 2.15. The highest BCUT2D eigenvalue weighted by molar-refractivity contribution is 5.72. The van der Waals surface area contributed by atoms with Gasteiger partial charge in [-0.1, -0.05) is 6.08 Å². The van der Waals surface area contributed by atoms with E-state index in [0.717, 1.165) is 11.3 Å². The molecule has 1 aromatic carbocycles. The minimum atomic E-state index is -0.323. The van der Waals surface area contributed by atoms with E-state index in [1.54, 1.807) is 11.0 Å². The molecule has 0 aliphatic carbocycles. The first-order valence-electron chi connectivity index (χ1n) is 6.94. The van der Waals surface area contributed by atoms with Gasteiger partial charge in [-0.3, -0.25) is 0 Å². The second-order valence-corrected chi connectivity index (χ2v) is 5.28. The fourth-order valence-electron chi connectivity index (χ4n) is 2.07. The van der Waals surface area contributed by atoms with E-state index in [-0.39, 0.29) is 11.7 Å². The van der Waals surface area contributed by atoms with Crippen molar-refractivity contribution in [2.75, 3.05) is 13.1 Å². The van der Waals surface area contributed by atoms with Gasteiger partial charge in [0.15, 0.2) is 0 Å². The maximum Gasteiger partial charge on any atom is 0.415 e. The normalized spacial score (nSPS) is 15.2. The number of nitrogens with zero attached hydrogens (tertiary/aromatic N) is 1. The molecule has 1 aliphatic heterocycles. The summed E-state index contributed by atoms with van der Waals surface area (Å²) in [5.41, 5.74) is 0.626. The Hall–Kier alpha value is -1.97. The SMILES string of the molecule is CCN(CC)C(=O)Oc1ccc2c(c1)C=CC(C)(C)O2. The van der Waals surface area contributed by atoms with Gasteiger partial charge in [0, 0.05) is 18.7 Å². The van der Waals surface area contributed by atoms with Gasteiger partial charge < -0.3 is 14.4 Å². The van der Waals surface area contributed by atoms with Crippen molar-refractivity contribution in [3.63, 3.8) is 0 Å². The summed E-state index contributed by atoms with van der Waals surface area (Å²) >= 11 is 0. The quantitative estimate of drug-likeness (QED) is 0.844. The van der Waals surface area contributed by atoms with Gasteiger partial charge >= 0.3 is 6.09 Å². The fourth-order valence-corrected chi connectivity index (χ4v) is 2.07. The first-order chi connectivity index (χ1) is 9.45. The number of ether oxygens (including phenoxy) is 2. The molecular weight excluding hydrogens is 254 g/mol. The van der Waals surface area contributed by atoms with E-state index < -0.39 is 0 Å². The minimum Gasteiger partial charge on any atom is -0.483 e. The van der Waals surface area contributed by atoms with Crippen LogP contribution in [-0.2, 0) is 0 Å². The summed E-state index contributed by atoms with van der Waals surface area (Å²) in [5, 5.41) is 0. The molecule has 0 saturated carbocycles. The van der Waals surface area contributed by atoms with Crippen LogP contribution in [-0.4, -0.2) is 29.7 Å². The monoisotopic (exact) mass is 275 g/mol. The summed E-state index contributed by atoms with van der Waals surface area (Å²) in [6.45, 7) is 9.13. The largest absolute Gasteiger partial charge is 0.483 e. The van der Waals surface area contributed by atoms with Gasteiger partial charge in [-0.2, -0.15) is 0 Å². The average molecular weight is 275 g/mol. The number of hydrogen-bond acceptors (Lipinski definition) is 3. The molecule has 20 heavy (non-hydrogen) atoms. The van der Waals surface area contributed by atoms with Crippen molar-refractivity contribution in [2.45, 2.75) is 33.3 Å². The van der Waals surface area contributed by atoms with Crippen LogP contribution >= 0.6 is 0 Å². The van der Waals surface area contributed by atoms with Gasteiger partial charge in [0.1, 0.15) is 17.1 Å². The summed E-state index contributed by atoms with van der Waals surface area (Å²) in [6, 6.07) is 5.42. The highest BCUT2D eigenvalue weighted by atomic mass is 16.6. The Morgan fingerprint density at radius 1 is 1.30 bits per heavy atom. The topological polar surface area (TPSA) is 38.8 Å².